The highest BCUT2D eigenvalue weighted by molar-refractivity contribution is 5.77. The molecule has 0 radical (unpaired) electrons. The topological polar surface area (TPSA) is 138 Å². The first-order valence-corrected chi connectivity index (χ1v) is 8.19. The zero-order chi connectivity index (χ0) is 19.1. The van der Waals surface area contributed by atoms with E-state index < -0.39 is 33.9 Å². The molecule has 1 heterocycles. The van der Waals surface area contributed by atoms with E-state index in [4.69, 9.17) is 4.74 Å². The van der Waals surface area contributed by atoms with Crippen molar-refractivity contribution in [3.8, 4) is 0 Å². The Morgan fingerprint density at radius 2 is 2.04 bits per heavy atom. The summed E-state index contributed by atoms with van der Waals surface area (Å²) in [7, 11) is 0. The second-order valence-electron chi connectivity index (χ2n) is 6.56. The molecular weight excluding hydrogens is 342 g/mol. The van der Waals surface area contributed by atoms with Gasteiger partial charge >= 0.3 is 5.97 Å². The standard InChI is InChI=1S/C17H19N3O6/c1-3-26-16(22)14-12(9-4-6-10(7-5-9)20(24)25)13-11(8-17(14,2)23)18-19-15(13)21/h4-7,12,14,23H,3,8H2,1-2H3,(H2,18,19,21)/t12-,14-,17+/m0/s1. The molecule has 9 nitrogen and oxygen atoms in total. The number of hydrogen-bond donors (Lipinski definition) is 3. The van der Waals surface area contributed by atoms with Crippen LogP contribution in [0, 0.1) is 16.0 Å². The van der Waals surface area contributed by atoms with E-state index in [2.05, 4.69) is 10.2 Å². The maximum absolute atomic E-state index is 12.6. The van der Waals surface area contributed by atoms with E-state index in [0.29, 0.717) is 16.8 Å². The summed E-state index contributed by atoms with van der Waals surface area (Å²) in [6.45, 7) is 3.31. The van der Waals surface area contributed by atoms with Crippen LogP contribution < -0.4 is 5.56 Å². The largest absolute Gasteiger partial charge is 0.466 e. The number of nitrogens with zero attached hydrogens (tertiary/aromatic N) is 1. The first-order valence-electron chi connectivity index (χ1n) is 8.19. The Morgan fingerprint density at radius 1 is 1.38 bits per heavy atom. The molecule has 0 fully saturated rings. The molecule has 1 aliphatic rings. The maximum atomic E-state index is 12.6. The third-order valence-corrected chi connectivity index (χ3v) is 4.75. The number of nitro groups is 1. The molecule has 0 bridgehead atoms. The van der Waals surface area contributed by atoms with Gasteiger partial charge in [0.2, 0.25) is 0 Å². The van der Waals surface area contributed by atoms with Crippen LogP contribution in [0.15, 0.2) is 29.1 Å². The number of rotatable bonds is 4. The van der Waals surface area contributed by atoms with E-state index in [1.807, 2.05) is 0 Å². The van der Waals surface area contributed by atoms with Crippen molar-refractivity contribution < 1.29 is 19.6 Å². The molecule has 0 unspecified atom stereocenters. The van der Waals surface area contributed by atoms with Gasteiger partial charge in [-0.3, -0.25) is 24.8 Å². The van der Waals surface area contributed by atoms with Gasteiger partial charge in [-0.05, 0) is 19.4 Å². The van der Waals surface area contributed by atoms with Gasteiger partial charge in [-0.15, -0.1) is 0 Å². The Hall–Kier alpha value is -2.94. The number of hydrogen-bond acceptors (Lipinski definition) is 6. The molecular formula is C17H19N3O6. The van der Waals surface area contributed by atoms with E-state index >= 15 is 0 Å². The molecule has 0 saturated carbocycles. The first-order chi connectivity index (χ1) is 12.3. The van der Waals surface area contributed by atoms with Crippen molar-refractivity contribution in [3.63, 3.8) is 0 Å². The number of carbonyl (C=O) groups excluding carboxylic acids is 1. The van der Waals surface area contributed by atoms with Crippen molar-refractivity contribution in [1.29, 1.82) is 0 Å². The minimum Gasteiger partial charge on any atom is -0.466 e. The number of aliphatic hydroxyl groups is 1. The number of esters is 1. The quantitative estimate of drug-likeness (QED) is 0.425. The molecule has 0 amide bonds. The fourth-order valence-electron chi connectivity index (χ4n) is 3.65. The van der Waals surface area contributed by atoms with Gasteiger partial charge in [-0.1, -0.05) is 12.1 Å². The lowest BCUT2D eigenvalue weighted by Crippen LogP contribution is -2.50. The first kappa shape index (κ1) is 17.9. The third kappa shape index (κ3) is 2.90. The number of nitro benzene ring substituents is 1. The van der Waals surface area contributed by atoms with Gasteiger partial charge in [0.1, 0.15) is 0 Å². The predicted molar refractivity (Wildman–Crippen MR) is 90.8 cm³/mol. The van der Waals surface area contributed by atoms with Crippen LogP contribution in [0.25, 0.3) is 0 Å². The number of nitrogens with one attached hydrogen (secondary N) is 2. The molecule has 0 saturated heterocycles. The highest BCUT2D eigenvalue weighted by atomic mass is 16.6. The number of aromatic nitrogens is 2. The molecule has 1 aliphatic carbocycles. The summed E-state index contributed by atoms with van der Waals surface area (Å²) < 4.78 is 5.13. The molecule has 0 spiro atoms. The van der Waals surface area contributed by atoms with Crippen molar-refractivity contribution >= 4 is 11.7 Å². The maximum Gasteiger partial charge on any atom is 0.312 e. The fraction of sp³-hybridized carbons (Fsp3) is 0.412. The van der Waals surface area contributed by atoms with Crippen LogP contribution in [0.5, 0.6) is 0 Å². The van der Waals surface area contributed by atoms with Crippen molar-refractivity contribution in [2.75, 3.05) is 6.61 Å². The van der Waals surface area contributed by atoms with E-state index in [9.17, 15) is 24.8 Å². The van der Waals surface area contributed by atoms with Crippen molar-refractivity contribution in [2.45, 2.75) is 31.8 Å². The van der Waals surface area contributed by atoms with Crippen LogP contribution in [0.3, 0.4) is 0 Å². The second-order valence-corrected chi connectivity index (χ2v) is 6.56. The summed E-state index contributed by atoms with van der Waals surface area (Å²) in [5, 5.41) is 27.0. The predicted octanol–water partition coefficient (Wildman–Crippen LogP) is 1.23. The number of benzene rings is 1. The normalized spacial score (nSPS) is 24.7. The Balaban J connectivity index is 2.18. The van der Waals surface area contributed by atoms with Gasteiger partial charge in [-0.25, -0.2) is 0 Å². The average molecular weight is 361 g/mol. The smallest absolute Gasteiger partial charge is 0.312 e. The monoisotopic (exact) mass is 361 g/mol. The van der Waals surface area contributed by atoms with Crippen LogP contribution in [-0.4, -0.2) is 38.4 Å². The summed E-state index contributed by atoms with van der Waals surface area (Å²) in [6, 6.07) is 5.60. The van der Waals surface area contributed by atoms with Gasteiger partial charge in [0.15, 0.2) is 0 Å². The van der Waals surface area contributed by atoms with E-state index in [1.165, 1.54) is 31.2 Å². The van der Waals surface area contributed by atoms with Gasteiger partial charge in [0, 0.05) is 35.7 Å². The van der Waals surface area contributed by atoms with Crippen molar-refractivity contribution in [3.05, 3.63) is 61.6 Å². The number of aromatic amines is 2. The number of fused-ring (bicyclic) bond motifs is 1. The lowest BCUT2D eigenvalue weighted by Gasteiger charge is -2.40. The highest BCUT2D eigenvalue weighted by Crippen LogP contribution is 2.44. The van der Waals surface area contributed by atoms with E-state index in [1.54, 1.807) is 6.92 Å². The zero-order valence-corrected chi connectivity index (χ0v) is 14.3. The number of non-ortho nitro benzene ring substituents is 1. The minimum atomic E-state index is -1.46. The Bertz CT molecular complexity index is 896. The Labute approximate surface area is 148 Å². The van der Waals surface area contributed by atoms with E-state index in [-0.39, 0.29) is 18.7 Å². The highest BCUT2D eigenvalue weighted by Gasteiger charge is 2.51. The molecule has 26 heavy (non-hydrogen) atoms. The van der Waals surface area contributed by atoms with Crippen LogP contribution in [-0.2, 0) is 16.0 Å². The lowest BCUT2D eigenvalue weighted by atomic mass is 9.66. The molecule has 3 N–H and O–H groups in total. The summed E-state index contributed by atoms with van der Waals surface area (Å²) in [5.41, 5.74) is -0.607. The molecule has 0 aliphatic heterocycles. The van der Waals surface area contributed by atoms with Crippen molar-refractivity contribution in [1.82, 2.24) is 10.2 Å². The lowest BCUT2D eigenvalue weighted by molar-refractivity contribution is -0.384. The average Bonchev–Trinajstić information content (AvgIpc) is 2.93. The fourth-order valence-corrected chi connectivity index (χ4v) is 3.65. The summed E-state index contributed by atoms with van der Waals surface area (Å²) in [5.74, 6) is -2.43. The van der Waals surface area contributed by atoms with Gasteiger partial charge in [0.05, 0.1) is 23.0 Å². The zero-order valence-electron chi connectivity index (χ0n) is 14.3. The number of carbonyl (C=O) groups is 1. The molecule has 3 atom stereocenters. The SMILES string of the molecule is CCOC(=O)[C@@H]1[C@@H](c2ccc([N+](=O)[O-])cc2)c2c([nH][nH]c2=O)C[C@@]1(C)O. The van der Waals surface area contributed by atoms with Crippen molar-refractivity contribution in [2.24, 2.45) is 5.92 Å². The Morgan fingerprint density at radius 3 is 2.62 bits per heavy atom. The number of ether oxygens (including phenoxy) is 1. The van der Waals surface area contributed by atoms with Gasteiger partial charge < -0.3 is 14.9 Å². The van der Waals surface area contributed by atoms with E-state index in [0.717, 1.165) is 0 Å². The molecule has 9 heteroatoms. The summed E-state index contributed by atoms with van der Waals surface area (Å²) in [4.78, 5) is 35.3. The van der Waals surface area contributed by atoms with Crippen LogP contribution in [0.1, 0.15) is 36.6 Å². The number of H-pyrrole nitrogens is 2. The van der Waals surface area contributed by atoms with Crippen LogP contribution in [0.2, 0.25) is 0 Å². The van der Waals surface area contributed by atoms with Gasteiger partial charge in [-0.2, -0.15) is 0 Å². The Kier molecular flexibility index (Phi) is 4.41. The molecule has 1 aromatic carbocycles. The molecule has 3 rings (SSSR count). The molecule has 2 aromatic rings. The molecule has 1 aromatic heterocycles. The summed E-state index contributed by atoms with van der Waals surface area (Å²) in [6.07, 6.45) is 0.0774. The minimum absolute atomic E-state index is 0.0774. The van der Waals surface area contributed by atoms with Crippen LogP contribution >= 0.6 is 0 Å². The summed E-state index contributed by atoms with van der Waals surface area (Å²) >= 11 is 0. The molecule has 138 valence electrons. The second kappa shape index (κ2) is 6.41. The van der Waals surface area contributed by atoms with Gasteiger partial charge in [0.25, 0.3) is 11.2 Å². The third-order valence-electron chi connectivity index (χ3n) is 4.75. The van der Waals surface area contributed by atoms with Crippen LogP contribution in [0.4, 0.5) is 5.69 Å².